The summed E-state index contributed by atoms with van der Waals surface area (Å²) >= 11 is 0. The Bertz CT molecular complexity index is 312. The van der Waals surface area contributed by atoms with Crippen molar-refractivity contribution < 1.29 is 4.74 Å². The molecule has 0 aromatic heterocycles. The van der Waals surface area contributed by atoms with Gasteiger partial charge in [-0.3, -0.25) is 4.90 Å². The molecule has 1 fully saturated rings. The third-order valence-electron chi connectivity index (χ3n) is 3.49. The Morgan fingerprint density at radius 1 is 1.29 bits per heavy atom. The fourth-order valence-electron chi connectivity index (χ4n) is 2.57. The van der Waals surface area contributed by atoms with Crippen LogP contribution in [0.15, 0.2) is 30.3 Å². The zero-order valence-electron chi connectivity index (χ0n) is 10.8. The first-order valence-electron chi connectivity index (χ1n) is 6.78. The van der Waals surface area contributed by atoms with E-state index >= 15 is 0 Å². The van der Waals surface area contributed by atoms with Crippen molar-refractivity contribution in [1.82, 2.24) is 4.90 Å². The number of ether oxygens (including phenoxy) is 1. The number of hydrogen-bond acceptors (Lipinski definition) is 2. The topological polar surface area (TPSA) is 12.5 Å². The number of likely N-dealkylation sites (tertiary alicyclic amines) is 1. The van der Waals surface area contributed by atoms with E-state index in [0.29, 0.717) is 0 Å². The zero-order chi connectivity index (χ0) is 11.9. The van der Waals surface area contributed by atoms with Gasteiger partial charge in [-0.1, -0.05) is 31.5 Å². The fraction of sp³-hybridized carbons (Fsp3) is 0.600. The van der Waals surface area contributed by atoms with Gasteiger partial charge in [0, 0.05) is 13.1 Å². The Balaban J connectivity index is 1.63. The highest BCUT2D eigenvalue weighted by Gasteiger charge is 2.20. The highest BCUT2D eigenvalue weighted by atomic mass is 16.5. The Kier molecular flexibility index (Phi) is 4.87. The standard InChI is InChI=1S/C15H23NO/c1-2-6-14-9-10-16(13-14)11-12-17-15-7-4-3-5-8-15/h3-5,7-8,14H,2,6,9-13H2,1H3/t14-/m1/s1. The van der Waals surface area contributed by atoms with Crippen molar-refractivity contribution in [2.45, 2.75) is 26.2 Å². The molecule has 1 aromatic rings. The van der Waals surface area contributed by atoms with Crippen LogP contribution < -0.4 is 4.74 Å². The van der Waals surface area contributed by atoms with Gasteiger partial charge in [-0.05, 0) is 37.4 Å². The van der Waals surface area contributed by atoms with E-state index in [-0.39, 0.29) is 0 Å². The molecule has 2 nitrogen and oxygen atoms in total. The predicted molar refractivity (Wildman–Crippen MR) is 71.4 cm³/mol. The molecule has 0 bridgehead atoms. The van der Waals surface area contributed by atoms with Gasteiger partial charge in [0.25, 0.3) is 0 Å². The molecule has 1 atom stereocenters. The van der Waals surface area contributed by atoms with Crippen molar-refractivity contribution in [3.05, 3.63) is 30.3 Å². The maximum absolute atomic E-state index is 5.72. The highest BCUT2D eigenvalue weighted by Crippen LogP contribution is 2.20. The van der Waals surface area contributed by atoms with Crippen LogP contribution in [0.5, 0.6) is 5.75 Å². The van der Waals surface area contributed by atoms with E-state index < -0.39 is 0 Å². The normalized spacial score (nSPS) is 20.6. The third kappa shape index (κ3) is 4.04. The molecule has 1 aliphatic heterocycles. The molecule has 0 unspecified atom stereocenters. The number of nitrogens with zero attached hydrogens (tertiary/aromatic N) is 1. The van der Waals surface area contributed by atoms with Crippen LogP contribution in [0.2, 0.25) is 0 Å². The van der Waals surface area contributed by atoms with Gasteiger partial charge in [0.2, 0.25) is 0 Å². The molecule has 2 heteroatoms. The molecule has 17 heavy (non-hydrogen) atoms. The summed E-state index contributed by atoms with van der Waals surface area (Å²) in [5.41, 5.74) is 0. The summed E-state index contributed by atoms with van der Waals surface area (Å²) in [6.45, 7) is 6.67. The lowest BCUT2D eigenvalue weighted by atomic mass is 10.0. The number of para-hydroxylation sites is 1. The molecule has 0 amide bonds. The van der Waals surface area contributed by atoms with Crippen molar-refractivity contribution in [3.63, 3.8) is 0 Å². The Morgan fingerprint density at radius 3 is 2.88 bits per heavy atom. The molecule has 2 rings (SSSR count). The molecule has 1 heterocycles. The molecular weight excluding hydrogens is 210 g/mol. The minimum atomic E-state index is 0.808. The Morgan fingerprint density at radius 2 is 2.12 bits per heavy atom. The lowest BCUT2D eigenvalue weighted by Crippen LogP contribution is -2.26. The van der Waals surface area contributed by atoms with Crippen molar-refractivity contribution in [2.24, 2.45) is 5.92 Å². The maximum atomic E-state index is 5.72. The van der Waals surface area contributed by atoms with Gasteiger partial charge < -0.3 is 4.74 Å². The summed E-state index contributed by atoms with van der Waals surface area (Å²) in [6.07, 6.45) is 4.08. The van der Waals surface area contributed by atoms with E-state index in [0.717, 1.165) is 24.8 Å². The van der Waals surface area contributed by atoms with Crippen LogP contribution >= 0.6 is 0 Å². The van der Waals surface area contributed by atoms with Crippen LogP contribution in [-0.2, 0) is 0 Å². The second-order valence-corrected chi connectivity index (χ2v) is 4.91. The van der Waals surface area contributed by atoms with Gasteiger partial charge in [0.05, 0.1) is 0 Å². The molecule has 0 aliphatic carbocycles. The summed E-state index contributed by atoms with van der Waals surface area (Å²) in [4.78, 5) is 2.53. The Labute approximate surface area is 105 Å². The van der Waals surface area contributed by atoms with Gasteiger partial charge in [-0.2, -0.15) is 0 Å². The lowest BCUT2D eigenvalue weighted by Gasteiger charge is -2.16. The van der Waals surface area contributed by atoms with Gasteiger partial charge >= 0.3 is 0 Å². The van der Waals surface area contributed by atoms with Gasteiger partial charge in [-0.25, -0.2) is 0 Å². The van der Waals surface area contributed by atoms with Crippen LogP contribution in [0, 0.1) is 5.92 Å². The molecule has 94 valence electrons. The van der Waals surface area contributed by atoms with E-state index in [1.807, 2.05) is 30.3 Å². The van der Waals surface area contributed by atoms with E-state index in [2.05, 4.69) is 11.8 Å². The van der Waals surface area contributed by atoms with E-state index in [1.54, 1.807) is 0 Å². The number of benzene rings is 1. The SMILES string of the molecule is CCC[C@@H]1CCN(CCOc2ccccc2)C1. The summed E-state index contributed by atoms with van der Waals surface area (Å²) in [6, 6.07) is 10.1. The second-order valence-electron chi connectivity index (χ2n) is 4.91. The fourth-order valence-corrected chi connectivity index (χ4v) is 2.57. The molecule has 0 saturated carbocycles. The summed E-state index contributed by atoms with van der Waals surface area (Å²) in [7, 11) is 0. The minimum absolute atomic E-state index is 0.808. The molecule has 0 N–H and O–H groups in total. The summed E-state index contributed by atoms with van der Waals surface area (Å²) in [5, 5.41) is 0. The third-order valence-corrected chi connectivity index (χ3v) is 3.49. The molecule has 1 aromatic carbocycles. The van der Waals surface area contributed by atoms with Crippen molar-refractivity contribution in [3.8, 4) is 5.75 Å². The van der Waals surface area contributed by atoms with Gasteiger partial charge in [-0.15, -0.1) is 0 Å². The van der Waals surface area contributed by atoms with Gasteiger partial charge in [0.1, 0.15) is 12.4 Å². The summed E-state index contributed by atoms with van der Waals surface area (Å²) < 4.78 is 5.72. The minimum Gasteiger partial charge on any atom is -0.492 e. The lowest BCUT2D eigenvalue weighted by molar-refractivity contribution is 0.232. The zero-order valence-corrected chi connectivity index (χ0v) is 10.8. The molecule has 0 radical (unpaired) electrons. The average molecular weight is 233 g/mol. The first-order valence-corrected chi connectivity index (χ1v) is 6.78. The molecule has 0 spiro atoms. The first-order chi connectivity index (χ1) is 8.38. The van der Waals surface area contributed by atoms with Crippen LogP contribution in [0.1, 0.15) is 26.2 Å². The number of rotatable bonds is 6. The van der Waals surface area contributed by atoms with E-state index in [1.165, 1.54) is 32.4 Å². The number of hydrogen-bond donors (Lipinski definition) is 0. The van der Waals surface area contributed by atoms with E-state index in [9.17, 15) is 0 Å². The molecule has 1 aliphatic rings. The van der Waals surface area contributed by atoms with Crippen molar-refractivity contribution in [1.29, 1.82) is 0 Å². The largest absolute Gasteiger partial charge is 0.492 e. The van der Waals surface area contributed by atoms with E-state index in [4.69, 9.17) is 4.74 Å². The average Bonchev–Trinajstić information content (AvgIpc) is 2.79. The smallest absolute Gasteiger partial charge is 0.119 e. The van der Waals surface area contributed by atoms with Gasteiger partial charge in [0.15, 0.2) is 0 Å². The second kappa shape index (κ2) is 6.65. The first kappa shape index (κ1) is 12.4. The van der Waals surface area contributed by atoms with Crippen LogP contribution in [-0.4, -0.2) is 31.1 Å². The maximum Gasteiger partial charge on any atom is 0.119 e. The van der Waals surface area contributed by atoms with Crippen molar-refractivity contribution in [2.75, 3.05) is 26.2 Å². The van der Waals surface area contributed by atoms with Crippen LogP contribution in [0.3, 0.4) is 0 Å². The molecule has 1 saturated heterocycles. The highest BCUT2D eigenvalue weighted by molar-refractivity contribution is 5.20. The summed E-state index contributed by atoms with van der Waals surface area (Å²) in [5.74, 6) is 1.91. The van der Waals surface area contributed by atoms with Crippen LogP contribution in [0.25, 0.3) is 0 Å². The predicted octanol–water partition coefficient (Wildman–Crippen LogP) is 3.19. The molecular formula is C15H23NO. The van der Waals surface area contributed by atoms with Crippen LogP contribution in [0.4, 0.5) is 0 Å². The quantitative estimate of drug-likeness (QED) is 0.748. The monoisotopic (exact) mass is 233 g/mol. The van der Waals surface area contributed by atoms with Crippen molar-refractivity contribution >= 4 is 0 Å². The Hall–Kier alpha value is -1.02.